The zero-order valence-corrected chi connectivity index (χ0v) is 8.71. The van der Waals surface area contributed by atoms with E-state index in [4.69, 9.17) is 0 Å². The van der Waals surface area contributed by atoms with Crippen molar-refractivity contribution in [2.24, 2.45) is 0 Å². The van der Waals surface area contributed by atoms with Gasteiger partial charge in [0, 0.05) is 23.7 Å². The van der Waals surface area contributed by atoms with Gasteiger partial charge < -0.3 is 5.32 Å². The third-order valence-electron chi connectivity index (χ3n) is 1.79. The first-order valence-corrected chi connectivity index (χ1v) is 5.44. The highest BCUT2D eigenvalue weighted by molar-refractivity contribution is 7.08. The molecule has 0 radical (unpaired) electrons. The quantitative estimate of drug-likeness (QED) is 0.837. The molecule has 14 heavy (non-hydrogen) atoms. The molecule has 3 nitrogen and oxygen atoms in total. The van der Waals surface area contributed by atoms with Gasteiger partial charge in [-0.2, -0.15) is 11.3 Å². The van der Waals surface area contributed by atoms with Crippen LogP contribution in [0.4, 0.5) is 5.82 Å². The number of rotatable bonds is 3. The number of aromatic nitrogens is 2. The molecule has 0 fully saturated rings. The van der Waals surface area contributed by atoms with Crippen molar-refractivity contribution in [1.29, 1.82) is 0 Å². The maximum absolute atomic E-state index is 4.39. The van der Waals surface area contributed by atoms with Crippen LogP contribution in [0.25, 0.3) is 11.4 Å². The molecule has 0 spiro atoms. The predicted octanol–water partition coefficient (Wildman–Crippen LogP) is 2.64. The van der Waals surface area contributed by atoms with Crippen molar-refractivity contribution in [3.8, 4) is 11.4 Å². The Bertz CT molecular complexity index is 398. The molecule has 1 N–H and O–H groups in total. The molecular formula is C10H11N3S. The molecule has 2 aromatic rings. The van der Waals surface area contributed by atoms with Gasteiger partial charge in [0.1, 0.15) is 5.82 Å². The monoisotopic (exact) mass is 205 g/mol. The Morgan fingerprint density at radius 2 is 2.36 bits per heavy atom. The standard InChI is InChI=1S/C10H11N3S/c1-2-11-9-3-5-12-10(13-9)8-4-6-14-7-8/h3-7H,2H2,1H3,(H,11,12,13). The van der Waals surface area contributed by atoms with Gasteiger partial charge in [-0.3, -0.25) is 0 Å². The summed E-state index contributed by atoms with van der Waals surface area (Å²) < 4.78 is 0. The predicted molar refractivity (Wildman–Crippen MR) is 59.5 cm³/mol. The van der Waals surface area contributed by atoms with Gasteiger partial charge in [-0.25, -0.2) is 9.97 Å². The molecule has 0 aliphatic rings. The number of hydrogen-bond donors (Lipinski definition) is 1. The SMILES string of the molecule is CCNc1ccnc(-c2ccsc2)n1. The molecule has 0 aromatic carbocycles. The maximum Gasteiger partial charge on any atom is 0.162 e. The molecule has 2 heterocycles. The van der Waals surface area contributed by atoms with E-state index >= 15 is 0 Å². The third kappa shape index (κ3) is 1.90. The summed E-state index contributed by atoms with van der Waals surface area (Å²) in [5.74, 6) is 1.66. The van der Waals surface area contributed by atoms with Gasteiger partial charge in [-0.15, -0.1) is 0 Å². The summed E-state index contributed by atoms with van der Waals surface area (Å²) >= 11 is 1.65. The Kier molecular flexibility index (Phi) is 2.74. The Morgan fingerprint density at radius 1 is 1.43 bits per heavy atom. The van der Waals surface area contributed by atoms with Gasteiger partial charge in [0.2, 0.25) is 0 Å². The minimum atomic E-state index is 0.782. The fraction of sp³-hybridized carbons (Fsp3) is 0.200. The first-order chi connectivity index (χ1) is 6.90. The lowest BCUT2D eigenvalue weighted by molar-refractivity contribution is 1.12. The van der Waals surface area contributed by atoms with Crippen LogP contribution < -0.4 is 5.32 Å². The van der Waals surface area contributed by atoms with E-state index in [-0.39, 0.29) is 0 Å². The molecule has 0 aliphatic heterocycles. The number of nitrogens with one attached hydrogen (secondary N) is 1. The lowest BCUT2D eigenvalue weighted by Crippen LogP contribution is -2.00. The average molecular weight is 205 g/mol. The zero-order valence-electron chi connectivity index (χ0n) is 7.90. The highest BCUT2D eigenvalue weighted by atomic mass is 32.1. The summed E-state index contributed by atoms with van der Waals surface area (Å²) in [6, 6.07) is 3.90. The van der Waals surface area contributed by atoms with E-state index in [0.717, 1.165) is 23.8 Å². The highest BCUT2D eigenvalue weighted by Gasteiger charge is 2.01. The smallest absolute Gasteiger partial charge is 0.162 e. The summed E-state index contributed by atoms with van der Waals surface area (Å²) in [5.41, 5.74) is 1.08. The molecule has 0 aliphatic carbocycles. The van der Waals surface area contributed by atoms with E-state index in [9.17, 15) is 0 Å². The fourth-order valence-electron chi connectivity index (χ4n) is 1.17. The van der Waals surface area contributed by atoms with Crippen LogP contribution in [0.15, 0.2) is 29.1 Å². The van der Waals surface area contributed by atoms with Gasteiger partial charge >= 0.3 is 0 Å². The van der Waals surface area contributed by atoms with Crippen LogP contribution in [0.1, 0.15) is 6.92 Å². The van der Waals surface area contributed by atoms with Crippen LogP contribution >= 0.6 is 11.3 Å². The summed E-state index contributed by atoms with van der Waals surface area (Å²) in [6.45, 7) is 2.92. The molecule has 4 heteroatoms. The Hall–Kier alpha value is -1.42. The van der Waals surface area contributed by atoms with Crippen LogP contribution in [-0.4, -0.2) is 16.5 Å². The van der Waals surface area contributed by atoms with Crippen molar-refractivity contribution >= 4 is 17.2 Å². The van der Waals surface area contributed by atoms with E-state index < -0.39 is 0 Å². The van der Waals surface area contributed by atoms with E-state index in [1.165, 1.54) is 0 Å². The Morgan fingerprint density at radius 3 is 3.07 bits per heavy atom. The van der Waals surface area contributed by atoms with Crippen molar-refractivity contribution in [2.45, 2.75) is 6.92 Å². The average Bonchev–Trinajstić information content (AvgIpc) is 2.71. The Labute approximate surface area is 86.8 Å². The third-order valence-corrected chi connectivity index (χ3v) is 2.48. The van der Waals surface area contributed by atoms with Crippen LogP contribution in [0.3, 0.4) is 0 Å². The van der Waals surface area contributed by atoms with Crippen molar-refractivity contribution in [3.63, 3.8) is 0 Å². The second-order valence-corrected chi connectivity index (χ2v) is 3.59. The van der Waals surface area contributed by atoms with E-state index in [1.807, 2.05) is 29.8 Å². The molecule has 2 aromatic heterocycles. The zero-order chi connectivity index (χ0) is 9.80. The molecule has 0 bridgehead atoms. The van der Waals surface area contributed by atoms with E-state index in [2.05, 4.69) is 15.3 Å². The minimum absolute atomic E-state index is 0.782. The van der Waals surface area contributed by atoms with Crippen LogP contribution in [-0.2, 0) is 0 Å². The highest BCUT2D eigenvalue weighted by Crippen LogP contribution is 2.18. The van der Waals surface area contributed by atoms with Crippen LogP contribution in [0.5, 0.6) is 0 Å². The van der Waals surface area contributed by atoms with Crippen molar-refractivity contribution < 1.29 is 0 Å². The molecule has 72 valence electrons. The van der Waals surface area contributed by atoms with Crippen molar-refractivity contribution in [2.75, 3.05) is 11.9 Å². The second kappa shape index (κ2) is 4.19. The molecular weight excluding hydrogens is 194 g/mol. The van der Waals surface area contributed by atoms with Crippen molar-refractivity contribution in [3.05, 3.63) is 29.1 Å². The molecule has 0 atom stereocenters. The normalized spacial score (nSPS) is 10.1. The van der Waals surface area contributed by atoms with E-state index in [1.54, 1.807) is 17.5 Å². The van der Waals surface area contributed by atoms with Gasteiger partial charge in [0.05, 0.1) is 0 Å². The number of anilines is 1. The summed E-state index contributed by atoms with van der Waals surface area (Å²) in [6.07, 6.45) is 1.78. The molecule has 0 amide bonds. The number of hydrogen-bond acceptors (Lipinski definition) is 4. The molecule has 0 saturated carbocycles. The fourth-order valence-corrected chi connectivity index (χ4v) is 1.80. The topological polar surface area (TPSA) is 37.8 Å². The van der Waals surface area contributed by atoms with E-state index in [0.29, 0.717) is 0 Å². The number of nitrogens with zero attached hydrogens (tertiary/aromatic N) is 2. The first-order valence-electron chi connectivity index (χ1n) is 4.49. The molecule has 0 unspecified atom stereocenters. The van der Waals surface area contributed by atoms with Gasteiger partial charge in [-0.1, -0.05) is 0 Å². The lowest BCUT2D eigenvalue weighted by atomic mass is 10.3. The van der Waals surface area contributed by atoms with Gasteiger partial charge in [0.15, 0.2) is 5.82 Å². The lowest BCUT2D eigenvalue weighted by Gasteiger charge is -2.02. The maximum atomic E-state index is 4.39. The van der Waals surface area contributed by atoms with Crippen molar-refractivity contribution in [1.82, 2.24) is 9.97 Å². The van der Waals surface area contributed by atoms with Gasteiger partial charge in [-0.05, 0) is 24.4 Å². The second-order valence-electron chi connectivity index (χ2n) is 2.81. The Balaban J connectivity index is 2.31. The first kappa shape index (κ1) is 9.15. The summed E-state index contributed by atoms with van der Waals surface area (Å²) in [7, 11) is 0. The number of thiophene rings is 1. The van der Waals surface area contributed by atoms with Crippen LogP contribution in [0.2, 0.25) is 0 Å². The molecule has 0 saturated heterocycles. The molecule has 2 rings (SSSR count). The largest absolute Gasteiger partial charge is 0.370 e. The summed E-state index contributed by atoms with van der Waals surface area (Å²) in [5, 5.41) is 7.24. The van der Waals surface area contributed by atoms with Gasteiger partial charge in [0.25, 0.3) is 0 Å². The van der Waals surface area contributed by atoms with Crippen LogP contribution in [0, 0.1) is 0 Å². The summed E-state index contributed by atoms with van der Waals surface area (Å²) in [4.78, 5) is 8.61. The minimum Gasteiger partial charge on any atom is -0.370 e.